The molecule has 2 N–H and O–H groups in total. The van der Waals surface area contributed by atoms with Crippen molar-refractivity contribution in [1.82, 2.24) is 10.2 Å². The van der Waals surface area contributed by atoms with Gasteiger partial charge >= 0.3 is 0 Å². The van der Waals surface area contributed by atoms with Crippen LogP contribution in [0.1, 0.15) is 22.3 Å². The van der Waals surface area contributed by atoms with Gasteiger partial charge in [-0.3, -0.25) is 14.5 Å². The normalized spacial score (nSPS) is 14.4. The molecule has 29 heavy (non-hydrogen) atoms. The van der Waals surface area contributed by atoms with E-state index in [1.54, 1.807) is 42.5 Å². The van der Waals surface area contributed by atoms with Gasteiger partial charge in [-0.05, 0) is 36.7 Å². The quantitative estimate of drug-likeness (QED) is 0.669. The number of carbonyl (C=O) groups is 2. The lowest BCUT2D eigenvalue weighted by atomic mass is 10.1. The van der Waals surface area contributed by atoms with Crippen LogP contribution < -0.4 is 10.6 Å². The average Bonchev–Trinajstić information content (AvgIpc) is 2.74. The summed E-state index contributed by atoms with van der Waals surface area (Å²) in [5.41, 5.74) is 1.12. The molecule has 2 amide bonds. The lowest BCUT2D eigenvalue weighted by Gasteiger charge is -2.26. The zero-order chi connectivity index (χ0) is 20.5. The van der Waals surface area contributed by atoms with Gasteiger partial charge in [0.2, 0.25) is 5.91 Å². The Morgan fingerprint density at radius 2 is 1.76 bits per heavy atom. The van der Waals surface area contributed by atoms with Gasteiger partial charge in [0.15, 0.2) is 0 Å². The van der Waals surface area contributed by atoms with Gasteiger partial charge in [-0.15, -0.1) is 0 Å². The van der Waals surface area contributed by atoms with Crippen LogP contribution in [0.2, 0.25) is 0 Å². The molecule has 3 rings (SSSR count). The molecule has 2 aromatic carbocycles. The van der Waals surface area contributed by atoms with E-state index in [4.69, 9.17) is 4.74 Å². The summed E-state index contributed by atoms with van der Waals surface area (Å²) in [6.45, 7) is 4.81. The number of para-hydroxylation sites is 1. The highest BCUT2D eigenvalue weighted by atomic mass is 19.1. The maximum Gasteiger partial charge on any atom is 0.253 e. The maximum absolute atomic E-state index is 13.7. The van der Waals surface area contributed by atoms with Crippen LogP contribution in [0.15, 0.2) is 48.5 Å². The van der Waals surface area contributed by atoms with Crippen LogP contribution >= 0.6 is 0 Å². The van der Waals surface area contributed by atoms with E-state index in [1.807, 2.05) is 0 Å². The summed E-state index contributed by atoms with van der Waals surface area (Å²) >= 11 is 0. The van der Waals surface area contributed by atoms with Crippen LogP contribution in [0, 0.1) is 5.82 Å². The van der Waals surface area contributed by atoms with Gasteiger partial charge in [0, 0.05) is 19.6 Å². The largest absolute Gasteiger partial charge is 0.379 e. The highest BCUT2D eigenvalue weighted by Crippen LogP contribution is 2.16. The molecule has 1 aliphatic heterocycles. The molecule has 6 nitrogen and oxygen atoms in total. The topological polar surface area (TPSA) is 70.7 Å². The van der Waals surface area contributed by atoms with Gasteiger partial charge in [-0.1, -0.05) is 30.3 Å². The standard InChI is InChI=1S/C22H26FN3O3/c23-19-8-3-1-6-17(19)16-21(27)25-20-9-4-2-7-18(20)22(28)24-10-5-11-26-12-14-29-15-13-26/h1-4,6-9H,5,10-16H2,(H,24,28)(H,25,27). The first-order valence-electron chi connectivity index (χ1n) is 9.84. The summed E-state index contributed by atoms with van der Waals surface area (Å²) in [4.78, 5) is 27.2. The Labute approximate surface area is 170 Å². The Bertz CT molecular complexity index is 838. The van der Waals surface area contributed by atoms with Crippen LogP contribution in [0.5, 0.6) is 0 Å². The molecular weight excluding hydrogens is 373 g/mol. The molecule has 2 aromatic rings. The molecule has 0 radical (unpaired) electrons. The van der Waals surface area contributed by atoms with E-state index in [1.165, 1.54) is 6.07 Å². The second-order valence-corrected chi connectivity index (χ2v) is 6.93. The summed E-state index contributed by atoms with van der Waals surface area (Å²) in [5, 5.41) is 5.62. The van der Waals surface area contributed by atoms with Crippen LogP contribution in [0.4, 0.5) is 10.1 Å². The molecule has 0 bridgehead atoms. The summed E-state index contributed by atoms with van der Waals surface area (Å²) < 4.78 is 19.1. The van der Waals surface area contributed by atoms with E-state index >= 15 is 0 Å². The van der Waals surface area contributed by atoms with E-state index in [0.717, 1.165) is 39.3 Å². The predicted molar refractivity (Wildman–Crippen MR) is 109 cm³/mol. The van der Waals surface area contributed by atoms with Crippen molar-refractivity contribution >= 4 is 17.5 Å². The molecule has 0 aliphatic carbocycles. The molecule has 1 saturated heterocycles. The van der Waals surface area contributed by atoms with Gasteiger partial charge in [0.1, 0.15) is 5.82 Å². The number of nitrogens with one attached hydrogen (secondary N) is 2. The smallest absolute Gasteiger partial charge is 0.253 e. The van der Waals surface area contributed by atoms with Crippen LogP contribution in [-0.4, -0.2) is 56.1 Å². The molecule has 0 atom stereocenters. The van der Waals surface area contributed by atoms with Crippen molar-refractivity contribution in [3.05, 3.63) is 65.5 Å². The molecular formula is C22H26FN3O3. The van der Waals surface area contributed by atoms with Crippen LogP contribution in [0.3, 0.4) is 0 Å². The molecule has 0 saturated carbocycles. The number of ether oxygens (including phenoxy) is 1. The monoisotopic (exact) mass is 399 g/mol. The third-order valence-corrected chi connectivity index (χ3v) is 4.80. The first-order valence-corrected chi connectivity index (χ1v) is 9.84. The molecule has 0 aromatic heterocycles. The van der Waals surface area contributed by atoms with Crippen molar-refractivity contribution in [3.63, 3.8) is 0 Å². The van der Waals surface area contributed by atoms with Gasteiger partial charge in [-0.2, -0.15) is 0 Å². The lowest BCUT2D eigenvalue weighted by molar-refractivity contribution is -0.115. The molecule has 0 unspecified atom stereocenters. The lowest BCUT2D eigenvalue weighted by Crippen LogP contribution is -2.38. The number of hydrogen-bond donors (Lipinski definition) is 2. The van der Waals surface area contributed by atoms with Crippen LogP contribution in [0.25, 0.3) is 0 Å². The van der Waals surface area contributed by atoms with E-state index in [2.05, 4.69) is 15.5 Å². The Morgan fingerprint density at radius 3 is 2.55 bits per heavy atom. The Balaban J connectivity index is 1.51. The third kappa shape index (κ3) is 6.37. The molecule has 1 heterocycles. The summed E-state index contributed by atoms with van der Waals surface area (Å²) in [7, 11) is 0. The fourth-order valence-electron chi connectivity index (χ4n) is 3.22. The highest BCUT2D eigenvalue weighted by molar-refractivity contribution is 6.04. The van der Waals surface area contributed by atoms with Crippen molar-refractivity contribution in [3.8, 4) is 0 Å². The van der Waals surface area contributed by atoms with Gasteiger partial charge in [-0.25, -0.2) is 4.39 Å². The van der Waals surface area contributed by atoms with Gasteiger partial charge < -0.3 is 15.4 Å². The number of benzene rings is 2. The number of hydrogen-bond acceptors (Lipinski definition) is 4. The fourth-order valence-corrected chi connectivity index (χ4v) is 3.22. The summed E-state index contributed by atoms with van der Waals surface area (Å²) in [5.74, 6) is -1.04. The maximum atomic E-state index is 13.7. The summed E-state index contributed by atoms with van der Waals surface area (Å²) in [6, 6.07) is 13.0. The van der Waals surface area contributed by atoms with Crippen molar-refractivity contribution in [2.24, 2.45) is 0 Å². The Hall–Kier alpha value is -2.77. The Morgan fingerprint density at radius 1 is 1.03 bits per heavy atom. The molecule has 154 valence electrons. The second kappa shape index (κ2) is 10.7. The number of carbonyl (C=O) groups excluding carboxylic acids is 2. The minimum absolute atomic E-state index is 0.0951. The average molecular weight is 399 g/mol. The van der Waals surface area contributed by atoms with E-state index in [0.29, 0.717) is 23.4 Å². The fraction of sp³-hybridized carbons (Fsp3) is 0.364. The van der Waals surface area contributed by atoms with Gasteiger partial charge in [0.25, 0.3) is 5.91 Å². The van der Waals surface area contributed by atoms with Crippen molar-refractivity contribution < 1.29 is 18.7 Å². The SMILES string of the molecule is O=C(Cc1ccccc1F)Nc1ccccc1C(=O)NCCCN1CCOCC1. The highest BCUT2D eigenvalue weighted by Gasteiger charge is 2.15. The van der Waals surface area contributed by atoms with E-state index in [-0.39, 0.29) is 18.2 Å². The van der Waals surface area contributed by atoms with E-state index in [9.17, 15) is 14.0 Å². The number of halogens is 1. The predicted octanol–water partition coefficient (Wildman–Crippen LogP) is 2.46. The number of anilines is 1. The van der Waals surface area contributed by atoms with Crippen molar-refractivity contribution in [2.45, 2.75) is 12.8 Å². The number of nitrogens with zero attached hydrogens (tertiary/aromatic N) is 1. The summed E-state index contributed by atoms with van der Waals surface area (Å²) in [6.07, 6.45) is 0.746. The van der Waals surface area contributed by atoms with E-state index < -0.39 is 5.82 Å². The Kier molecular flexibility index (Phi) is 7.72. The first-order chi connectivity index (χ1) is 14.1. The van der Waals surface area contributed by atoms with Gasteiger partial charge in [0.05, 0.1) is 30.9 Å². The van der Waals surface area contributed by atoms with Crippen molar-refractivity contribution in [1.29, 1.82) is 0 Å². The second-order valence-electron chi connectivity index (χ2n) is 6.93. The minimum atomic E-state index is -0.422. The first kappa shape index (κ1) is 21.0. The van der Waals surface area contributed by atoms with Crippen molar-refractivity contribution in [2.75, 3.05) is 44.7 Å². The molecule has 1 aliphatic rings. The zero-order valence-electron chi connectivity index (χ0n) is 16.3. The number of rotatable bonds is 8. The molecule has 7 heteroatoms. The number of amides is 2. The molecule has 1 fully saturated rings. The van der Waals surface area contributed by atoms with Crippen LogP contribution in [-0.2, 0) is 16.0 Å². The number of morpholine rings is 1. The third-order valence-electron chi connectivity index (χ3n) is 4.80. The molecule has 0 spiro atoms. The zero-order valence-corrected chi connectivity index (χ0v) is 16.3. The minimum Gasteiger partial charge on any atom is -0.379 e.